The first-order chi connectivity index (χ1) is 15.5. The van der Waals surface area contributed by atoms with Gasteiger partial charge in [-0.05, 0) is 26.7 Å². The molecule has 4 rings (SSSR count). The highest BCUT2D eigenvalue weighted by Crippen LogP contribution is 2.61. The first-order valence-corrected chi connectivity index (χ1v) is 12.9. The maximum absolute atomic E-state index is 14.2. The zero-order chi connectivity index (χ0) is 24.3. The van der Waals surface area contributed by atoms with E-state index in [0.717, 1.165) is 6.42 Å². The molecular formula is C25H37N3O4S. The van der Waals surface area contributed by atoms with E-state index in [4.69, 9.17) is 0 Å². The summed E-state index contributed by atoms with van der Waals surface area (Å²) in [6.45, 7) is 10.8. The molecule has 0 aromatic rings. The molecule has 182 valence electrons. The van der Waals surface area contributed by atoms with Gasteiger partial charge in [0.15, 0.2) is 0 Å². The molecule has 0 saturated carbocycles. The maximum atomic E-state index is 14.2. The molecule has 0 aromatic heterocycles. The number of likely N-dealkylation sites (tertiary alicyclic amines) is 1. The zero-order valence-corrected chi connectivity index (χ0v) is 21.3. The summed E-state index contributed by atoms with van der Waals surface area (Å²) < 4.78 is -0.831. The van der Waals surface area contributed by atoms with E-state index in [1.54, 1.807) is 28.6 Å². The minimum Gasteiger partial charge on any atom is -0.394 e. The van der Waals surface area contributed by atoms with Crippen LogP contribution in [-0.4, -0.2) is 91.9 Å². The van der Waals surface area contributed by atoms with E-state index in [1.165, 1.54) is 0 Å². The van der Waals surface area contributed by atoms with Crippen molar-refractivity contribution in [2.45, 2.75) is 68.7 Å². The molecule has 0 radical (unpaired) electrons. The predicted molar refractivity (Wildman–Crippen MR) is 129 cm³/mol. The van der Waals surface area contributed by atoms with Gasteiger partial charge in [0.05, 0.1) is 29.2 Å². The molecule has 7 atom stereocenters. The molecule has 0 aliphatic carbocycles. The van der Waals surface area contributed by atoms with Crippen LogP contribution in [0.15, 0.2) is 24.3 Å². The van der Waals surface area contributed by atoms with Gasteiger partial charge in [-0.2, -0.15) is 0 Å². The van der Waals surface area contributed by atoms with Gasteiger partial charge >= 0.3 is 0 Å². The second kappa shape index (κ2) is 8.45. The third kappa shape index (κ3) is 3.55. The number of hydrogen-bond acceptors (Lipinski definition) is 5. The number of hydrogen-bond donors (Lipinski definition) is 1. The summed E-state index contributed by atoms with van der Waals surface area (Å²) in [4.78, 5) is 47.0. The van der Waals surface area contributed by atoms with Gasteiger partial charge in [-0.15, -0.1) is 11.8 Å². The molecule has 1 spiro atoms. The van der Waals surface area contributed by atoms with Crippen molar-refractivity contribution in [3.63, 3.8) is 0 Å². The van der Waals surface area contributed by atoms with Gasteiger partial charge in [0.1, 0.15) is 6.04 Å². The second-order valence-electron chi connectivity index (χ2n) is 10.9. The standard InChI is InChI=1S/C25H37N3O4S/c1-7-15(2)16(14-29)28-20-23(32)27(24(3,4)5)13-9-11-25(20)19(22(28)31)18-17(33-25)10-8-12-26(6)21(18)30/h8-11,15-20,29H,7,12-14H2,1-6H3/t15-,16-,17-,18+,19-,20?,25-/m0/s1. The molecule has 33 heavy (non-hydrogen) atoms. The first-order valence-electron chi connectivity index (χ1n) is 12.0. The van der Waals surface area contributed by atoms with Crippen molar-refractivity contribution in [3.8, 4) is 0 Å². The van der Waals surface area contributed by atoms with Crippen molar-refractivity contribution < 1.29 is 19.5 Å². The summed E-state index contributed by atoms with van der Waals surface area (Å²) >= 11 is 1.59. The van der Waals surface area contributed by atoms with E-state index in [0.29, 0.717) is 13.1 Å². The van der Waals surface area contributed by atoms with Crippen molar-refractivity contribution in [2.24, 2.45) is 17.8 Å². The van der Waals surface area contributed by atoms with Crippen LogP contribution in [0, 0.1) is 17.8 Å². The van der Waals surface area contributed by atoms with Crippen molar-refractivity contribution in [1.29, 1.82) is 0 Å². The van der Waals surface area contributed by atoms with Crippen LogP contribution in [-0.2, 0) is 14.4 Å². The number of likely N-dealkylation sites (N-methyl/N-ethyl adjacent to an activating group) is 1. The van der Waals surface area contributed by atoms with Gasteiger partial charge in [0.25, 0.3) is 0 Å². The van der Waals surface area contributed by atoms with E-state index >= 15 is 0 Å². The van der Waals surface area contributed by atoms with Gasteiger partial charge < -0.3 is 19.8 Å². The van der Waals surface area contributed by atoms with Crippen molar-refractivity contribution in [2.75, 3.05) is 26.7 Å². The lowest BCUT2D eigenvalue weighted by atomic mass is 9.78. The van der Waals surface area contributed by atoms with Gasteiger partial charge in [-0.1, -0.05) is 44.6 Å². The van der Waals surface area contributed by atoms with Crippen LogP contribution >= 0.6 is 11.8 Å². The van der Waals surface area contributed by atoms with E-state index in [1.807, 2.05) is 63.8 Å². The fraction of sp³-hybridized carbons (Fsp3) is 0.720. The lowest BCUT2D eigenvalue weighted by molar-refractivity contribution is -0.149. The molecule has 4 heterocycles. The molecule has 4 aliphatic rings. The minimum atomic E-state index is -0.831. The molecule has 2 saturated heterocycles. The third-order valence-corrected chi connectivity index (χ3v) is 9.70. The fourth-order valence-corrected chi connectivity index (χ4v) is 7.97. The molecule has 7 nitrogen and oxygen atoms in total. The molecule has 8 heteroatoms. The van der Waals surface area contributed by atoms with Crippen molar-refractivity contribution in [1.82, 2.24) is 14.7 Å². The van der Waals surface area contributed by atoms with Crippen LogP contribution in [0.1, 0.15) is 41.0 Å². The number of aliphatic hydroxyl groups is 1. The number of nitrogens with zero attached hydrogens (tertiary/aromatic N) is 3. The Kier molecular flexibility index (Phi) is 6.23. The Balaban J connectivity index is 1.90. The topological polar surface area (TPSA) is 81.2 Å². The van der Waals surface area contributed by atoms with E-state index in [-0.39, 0.29) is 35.5 Å². The van der Waals surface area contributed by atoms with Crippen molar-refractivity contribution >= 4 is 29.5 Å². The van der Waals surface area contributed by atoms with Crippen LogP contribution in [0.4, 0.5) is 0 Å². The average molecular weight is 476 g/mol. The van der Waals surface area contributed by atoms with Gasteiger partial charge in [-0.3, -0.25) is 14.4 Å². The summed E-state index contributed by atoms with van der Waals surface area (Å²) in [5.41, 5.74) is -0.422. The number of rotatable bonds is 4. The van der Waals surface area contributed by atoms with Gasteiger partial charge in [0, 0.05) is 30.9 Å². The largest absolute Gasteiger partial charge is 0.394 e. The smallest absolute Gasteiger partial charge is 0.247 e. The Labute approximate surface area is 201 Å². The highest BCUT2D eigenvalue weighted by atomic mass is 32.2. The number of amides is 3. The quantitative estimate of drug-likeness (QED) is 0.629. The summed E-state index contributed by atoms with van der Waals surface area (Å²) in [6.07, 6.45) is 8.84. The van der Waals surface area contributed by atoms with Crippen molar-refractivity contribution in [3.05, 3.63) is 24.3 Å². The summed E-state index contributed by atoms with van der Waals surface area (Å²) in [5, 5.41) is 10.2. The molecule has 2 fully saturated rings. The summed E-state index contributed by atoms with van der Waals surface area (Å²) in [7, 11) is 1.77. The Morgan fingerprint density at radius 2 is 1.85 bits per heavy atom. The lowest BCUT2D eigenvalue weighted by Crippen LogP contribution is -2.60. The van der Waals surface area contributed by atoms with Crippen LogP contribution in [0.2, 0.25) is 0 Å². The predicted octanol–water partition coefficient (Wildman–Crippen LogP) is 1.92. The van der Waals surface area contributed by atoms with Gasteiger partial charge in [0.2, 0.25) is 17.7 Å². The van der Waals surface area contributed by atoms with Gasteiger partial charge in [-0.25, -0.2) is 0 Å². The van der Waals surface area contributed by atoms with E-state index in [2.05, 4.69) is 0 Å². The average Bonchev–Trinajstić information content (AvgIpc) is 3.07. The Hall–Kier alpha value is -1.80. The highest BCUT2D eigenvalue weighted by Gasteiger charge is 2.72. The number of carbonyl (C=O) groups is 3. The Morgan fingerprint density at radius 3 is 2.45 bits per heavy atom. The molecule has 4 aliphatic heterocycles. The maximum Gasteiger partial charge on any atom is 0.247 e. The highest BCUT2D eigenvalue weighted by molar-refractivity contribution is 8.02. The van der Waals surface area contributed by atoms with E-state index < -0.39 is 34.2 Å². The second-order valence-corrected chi connectivity index (χ2v) is 12.4. The lowest BCUT2D eigenvalue weighted by Gasteiger charge is -2.43. The molecule has 1 N–H and O–H groups in total. The number of carbonyl (C=O) groups excluding carboxylic acids is 3. The number of fused-ring (bicyclic) bond motifs is 2. The number of thioether (sulfide) groups is 1. The molecule has 3 amide bonds. The monoisotopic (exact) mass is 475 g/mol. The Morgan fingerprint density at radius 1 is 1.15 bits per heavy atom. The SMILES string of the molecule is CC[C@H](C)[C@H](CO)N1C(=O)[C@@H]2[C@@H]3C(=O)N(C)CC=C[C@@H]3S[C@@]23C=CCN(C(C)(C)C)C(=O)C13. The fourth-order valence-electron chi connectivity index (χ4n) is 5.98. The van der Waals surface area contributed by atoms with Crippen LogP contribution < -0.4 is 0 Å². The zero-order valence-electron chi connectivity index (χ0n) is 20.5. The first kappa shape index (κ1) is 24.3. The molecular weight excluding hydrogens is 438 g/mol. The van der Waals surface area contributed by atoms with Crippen LogP contribution in [0.5, 0.6) is 0 Å². The third-order valence-electron chi connectivity index (χ3n) is 7.95. The summed E-state index contributed by atoms with van der Waals surface area (Å²) in [5.74, 6) is -1.45. The summed E-state index contributed by atoms with van der Waals surface area (Å²) in [6, 6.07) is -1.22. The molecule has 0 bridgehead atoms. The molecule has 0 aromatic carbocycles. The van der Waals surface area contributed by atoms with E-state index in [9.17, 15) is 19.5 Å². The molecule has 1 unspecified atom stereocenters. The van der Waals surface area contributed by atoms with Crippen LogP contribution in [0.3, 0.4) is 0 Å². The Bertz CT molecular complexity index is 897. The van der Waals surface area contributed by atoms with Crippen LogP contribution in [0.25, 0.3) is 0 Å². The number of aliphatic hydroxyl groups excluding tert-OH is 1. The minimum absolute atomic E-state index is 0.0196. The normalized spacial score (nSPS) is 35.8.